The van der Waals surface area contributed by atoms with Gasteiger partial charge in [-0.05, 0) is 36.0 Å². The van der Waals surface area contributed by atoms with Gasteiger partial charge in [0.1, 0.15) is 0 Å². The second-order valence-corrected chi connectivity index (χ2v) is 7.50. The molecule has 2 saturated heterocycles. The van der Waals surface area contributed by atoms with E-state index in [2.05, 4.69) is 66.4 Å². The van der Waals surface area contributed by atoms with Crippen LogP contribution in [0.1, 0.15) is 36.5 Å². The summed E-state index contributed by atoms with van der Waals surface area (Å²) in [5, 5.41) is 11.5. The van der Waals surface area contributed by atoms with Gasteiger partial charge in [-0.15, -0.1) is 0 Å². The third-order valence-corrected chi connectivity index (χ3v) is 5.79. The monoisotopic (exact) mass is 337 g/mol. The van der Waals surface area contributed by atoms with Gasteiger partial charge in [-0.1, -0.05) is 61.5 Å². The van der Waals surface area contributed by atoms with Crippen LogP contribution < -0.4 is 0 Å². The molecule has 3 heteroatoms. The summed E-state index contributed by atoms with van der Waals surface area (Å²) < 4.78 is 5.83. The first kappa shape index (κ1) is 16.8. The number of aryl methyl sites for hydroxylation is 1. The van der Waals surface area contributed by atoms with Gasteiger partial charge < -0.3 is 9.84 Å². The van der Waals surface area contributed by atoms with Crippen molar-refractivity contribution in [3.63, 3.8) is 0 Å². The third kappa shape index (κ3) is 3.37. The lowest BCUT2D eigenvalue weighted by Gasteiger charge is -2.52. The predicted molar refractivity (Wildman–Crippen MR) is 99.3 cm³/mol. The van der Waals surface area contributed by atoms with Gasteiger partial charge >= 0.3 is 0 Å². The Labute approximate surface area is 150 Å². The number of fused-ring (bicyclic) bond motifs is 2. The highest BCUT2D eigenvalue weighted by atomic mass is 16.5. The van der Waals surface area contributed by atoms with Crippen LogP contribution in [-0.2, 0) is 23.3 Å². The van der Waals surface area contributed by atoms with Crippen LogP contribution in [0.3, 0.4) is 0 Å². The van der Waals surface area contributed by atoms with Crippen LogP contribution in [-0.4, -0.2) is 35.3 Å². The second kappa shape index (κ2) is 6.91. The Kier molecular flexibility index (Phi) is 4.63. The predicted octanol–water partition coefficient (Wildman–Crippen LogP) is 3.50. The van der Waals surface area contributed by atoms with Crippen LogP contribution in [0.5, 0.6) is 0 Å². The van der Waals surface area contributed by atoms with Gasteiger partial charge in [0, 0.05) is 18.6 Å². The van der Waals surface area contributed by atoms with Crippen molar-refractivity contribution in [2.24, 2.45) is 0 Å². The van der Waals surface area contributed by atoms with Crippen molar-refractivity contribution >= 4 is 0 Å². The molecule has 2 aromatic rings. The van der Waals surface area contributed by atoms with Crippen LogP contribution in [0.25, 0.3) is 0 Å². The van der Waals surface area contributed by atoms with Gasteiger partial charge in [0.15, 0.2) is 0 Å². The molecule has 0 radical (unpaired) electrons. The minimum atomic E-state index is -0.739. The second-order valence-electron chi connectivity index (χ2n) is 7.50. The largest absolute Gasteiger partial charge is 0.385 e. The standard InChI is InChI=1S/C22H27NO2/c1-2-17-9-6-10-19(11-17)22(24)12-20-15-25-16-21(13-22)23(20)14-18-7-4-3-5-8-18/h3-11,20-21,24H,2,12-16H2,1H3. The lowest BCUT2D eigenvalue weighted by atomic mass is 9.76. The fourth-order valence-corrected chi connectivity index (χ4v) is 4.41. The van der Waals surface area contributed by atoms with E-state index in [1.54, 1.807) is 0 Å². The zero-order valence-corrected chi connectivity index (χ0v) is 14.9. The first-order valence-corrected chi connectivity index (χ1v) is 9.37. The molecule has 2 unspecified atom stereocenters. The molecule has 0 aliphatic carbocycles. The van der Waals surface area contributed by atoms with Crippen LogP contribution in [0, 0.1) is 0 Å². The van der Waals surface area contributed by atoms with E-state index in [1.165, 1.54) is 11.1 Å². The number of benzene rings is 2. The maximum Gasteiger partial charge on any atom is 0.0928 e. The summed E-state index contributed by atoms with van der Waals surface area (Å²) in [4.78, 5) is 2.54. The van der Waals surface area contributed by atoms with E-state index < -0.39 is 5.60 Å². The first-order valence-electron chi connectivity index (χ1n) is 9.37. The number of hydrogen-bond acceptors (Lipinski definition) is 3. The molecule has 2 aromatic carbocycles. The summed E-state index contributed by atoms with van der Waals surface area (Å²) >= 11 is 0. The molecule has 0 amide bonds. The molecule has 132 valence electrons. The Bertz CT molecular complexity index is 701. The molecule has 3 nitrogen and oxygen atoms in total. The third-order valence-electron chi connectivity index (χ3n) is 5.79. The van der Waals surface area contributed by atoms with Gasteiger partial charge in [-0.2, -0.15) is 0 Å². The van der Waals surface area contributed by atoms with Crippen LogP contribution in [0.4, 0.5) is 0 Å². The van der Waals surface area contributed by atoms with Crippen molar-refractivity contribution in [2.75, 3.05) is 13.2 Å². The molecule has 2 aliphatic rings. The Balaban J connectivity index is 1.58. The number of rotatable bonds is 4. The number of ether oxygens (including phenoxy) is 1. The van der Waals surface area contributed by atoms with Gasteiger partial charge in [0.2, 0.25) is 0 Å². The molecule has 2 bridgehead atoms. The fraction of sp³-hybridized carbons (Fsp3) is 0.455. The van der Waals surface area contributed by atoms with E-state index in [0.29, 0.717) is 13.2 Å². The summed E-state index contributed by atoms with van der Waals surface area (Å²) in [5.74, 6) is 0. The van der Waals surface area contributed by atoms with Gasteiger partial charge in [0.05, 0.1) is 18.8 Å². The average Bonchev–Trinajstić information content (AvgIpc) is 2.64. The molecular weight excluding hydrogens is 310 g/mol. The van der Waals surface area contributed by atoms with E-state index >= 15 is 0 Å². The average molecular weight is 337 g/mol. The van der Waals surface area contributed by atoms with Gasteiger partial charge in [-0.25, -0.2) is 0 Å². The lowest BCUT2D eigenvalue weighted by Crippen LogP contribution is -2.60. The smallest absolute Gasteiger partial charge is 0.0928 e. The highest BCUT2D eigenvalue weighted by Crippen LogP contribution is 2.41. The summed E-state index contributed by atoms with van der Waals surface area (Å²) in [7, 11) is 0. The van der Waals surface area contributed by atoms with Gasteiger partial charge in [0.25, 0.3) is 0 Å². The highest BCUT2D eigenvalue weighted by molar-refractivity contribution is 5.30. The lowest BCUT2D eigenvalue weighted by molar-refractivity contribution is -0.149. The van der Waals surface area contributed by atoms with Crippen molar-refractivity contribution < 1.29 is 9.84 Å². The summed E-state index contributed by atoms with van der Waals surface area (Å²) in [6, 6.07) is 19.6. The zero-order valence-electron chi connectivity index (χ0n) is 14.9. The quantitative estimate of drug-likeness (QED) is 0.927. The van der Waals surface area contributed by atoms with Crippen molar-refractivity contribution in [1.29, 1.82) is 0 Å². The SMILES string of the molecule is CCc1cccc(C2(O)CC3COCC(C2)N3Cc2ccccc2)c1. The molecule has 1 N–H and O–H groups in total. The normalized spacial score (nSPS) is 29.5. The molecular formula is C22H27NO2. The van der Waals surface area contributed by atoms with E-state index in [9.17, 15) is 5.11 Å². The fourth-order valence-electron chi connectivity index (χ4n) is 4.41. The van der Waals surface area contributed by atoms with E-state index in [4.69, 9.17) is 4.74 Å². The first-order chi connectivity index (χ1) is 12.2. The van der Waals surface area contributed by atoms with E-state index in [-0.39, 0.29) is 12.1 Å². The molecule has 4 rings (SSSR count). The molecule has 2 atom stereocenters. The maximum absolute atomic E-state index is 11.5. The number of aliphatic hydroxyl groups is 1. The Hall–Kier alpha value is -1.68. The molecule has 0 aromatic heterocycles. The Morgan fingerprint density at radius 3 is 2.36 bits per heavy atom. The van der Waals surface area contributed by atoms with E-state index in [1.807, 2.05) is 0 Å². The number of piperidine rings is 1. The molecule has 0 saturated carbocycles. The number of morpholine rings is 1. The summed E-state index contributed by atoms with van der Waals surface area (Å²) in [6.07, 6.45) is 2.48. The highest BCUT2D eigenvalue weighted by Gasteiger charge is 2.46. The van der Waals surface area contributed by atoms with Gasteiger partial charge in [-0.3, -0.25) is 4.90 Å². The van der Waals surface area contributed by atoms with Crippen LogP contribution in [0.15, 0.2) is 54.6 Å². The Morgan fingerprint density at radius 2 is 1.68 bits per heavy atom. The number of nitrogens with zero attached hydrogens (tertiary/aromatic N) is 1. The number of hydrogen-bond donors (Lipinski definition) is 1. The maximum atomic E-state index is 11.5. The molecule has 25 heavy (non-hydrogen) atoms. The summed E-state index contributed by atoms with van der Waals surface area (Å²) in [5.41, 5.74) is 2.96. The molecule has 2 fully saturated rings. The van der Waals surface area contributed by atoms with Crippen molar-refractivity contribution in [1.82, 2.24) is 4.90 Å². The van der Waals surface area contributed by atoms with E-state index in [0.717, 1.165) is 31.4 Å². The topological polar surface area (TPSA) is 32.7 Å². The van der Waals surface area contributed by atoms with Crippen molar-refractivity contribution in [3.05, 3.63) is 71.3 Å². The summed E-state index contributed by atoms with van der Waals surface area (Å²) in [6.45, 7) is 4.51. The van der Waals surface area contributed by atoms with Crippen molar-refractivity contribution in [3.8, 4) is 0 Å². The zero-order chi connectivity index (χ0) is 17.3. The molecule has 0 spiro atoms. The van der Waals surface area contributed by atoms with Crippen molar-refractivity contribution in [2.45, 2.75) is 50.4 Å². The molecule has 2 aliphatic heterocycles. The van der Waals surface area contributed by atoms with Crippen LogP contribution >= 0.6 is 0 Å². The van der Waals surface area contributed by atoms with Crippen LogP contribution in [0.2, 0.25) is 0 Å². The molecule has 2 heterocycles. The Morgan fingerprint density at radius 1 is 1.00 bits per heavy atom. The minimum Gasteiger partial charge on any atom is -0.385 e. The minimum absolute atomic E-state index is 0.267.